The Morgan fingerprint density at radius 1 is 1.05 bits per heavy atom. The van der Waals surface area contributed by atoms with E-state index in [2.05, 4.69) is 14.7 Å². The molecule has 0 saturated carbocycles. The van der Waals surface area contributed by atoms with Crippen molar-refractivity contribution in [3.63, 3.8) is 0 Å². The summed E-state index contributed by atoms with van der Waals surface area (Å²) in [4.78, 5) is 9.16. The Hall–Kier alpha value is -2.09. The van der Waals surface area contributed by atoms with Crippen molar-refractivity contribution in [2.24, 2.45) is 0 Å². The van der Waals surface area contributed by atoms with Gasteiger partial charge in [0.15, 0.2) is 0 Å². The van der Waals surface area contributed by atoms with Gasteiger partial charge in [0.2, 0.25) is 10.0 Å². The maximum absolute atomic E-state index is 12.1. The van der Waals surface area contributed by atoms with Crippen LogP contribution in [0.5, 0.6) is 0 Å². The van der Waals surface area contributed by atoms with Gasteiger partial charge in [-0.25, -0.2) is 18.1 Å². The smallest absolute Gasteiger partial charge is 0.242 e. The molecule has 22 heavy (non-hydrogen) atoms. The first-order valence-electron chi connectivity index (χ1n) is 6.55. The van der Waals surface area contributed by atoms with E-state index in [1.807, 2.05) is 30.3 Å². The maximum Gasteiger partial charge on any atom is 0.242 e. The fourth-order valence-electron chi connectivity index (χ4n) is 1.86. The Bertz CT molecular complexity index is 847. The molecule has 0 aliphatic heterocycles. The number of nitrogens with one attached hydrogen (secondary N) is 1. The number of thiazole rings is 1. The number of aromatic nitrogens is 2. The normalized spacial score (nSPS) is 11.5. The van der Waals surface area contributed by atoms with E-state index in [1.54, 1.807) is 12.3 Å². The molecule has 7 heteroatoms. The van der Waals surface area contributed by atoms with Crippen molar-refractivity contribution in [1.29, 1.82) is 0 Å². The number of pyridine rings is 1. The van der Waals surface area contributed by atoms with Gasteiger partial charge in [-0.1, -0.05) is 30.3 Å². The molecule has 3 aromatic rings. The van der Waals surface area contributed by atoms with Gasteiger partial charge in [-0.2, -0.15) is 0 Å². The van der Waals surface area contributed by atoms with Crippen LogP contribution in [0.25, 0.3) is 10.6 Å². The van der Waals surface area contributed by atoms with Crippen LogP contribution in [0.15, 0.2) is 66.0 Å². The molecule has 5 nitrogen and oxygen atoms in total. The first kappa shape index (κ1) is 14.8. The third-order valence-corrected chi connectivity index (χ3v) is 5.39. The molecule has 0 amide bonds. The van der Waals surface area contributed by atoms with Crippen LogP contribution in [-0.4, -0.2) is 18.4 Å². The van der Waals surface area contributed by atoms with Crippen LogP contribution in [0.2, 0.25) is 0 Å². The van der Waals surface area contributed by atoms with Gasteiger partial charge in [-0.05, 0) is 12.1 Å². The summed E-state index contributed by atoms with van der Waals surface area (Å²) in [6.07, 6.45) is 4.55. The Balaban J connectivity index is 1.72. The van der Waals surface area contributed by atoms with Crippen LogP contribution >= 0.6 is 11.3 Å². The van der Waals surface area contributed by atoms with Crippen molar-refractivity contribution in [1.82, 2.24) is 14.7 Å². The summed E-state index contributed by atoms with van der Waals surface area (Å²) in [5, 5.41) is 0.871. The lowest BCUT2D eigenvalue weighted by atomic mass is 10.2. The third kappa shape index (κ3) is 3.38. The second kappa shape index (κ2) is 6.35. The summed E-state index contributed by atoms with van der Waals surface area (Å²) in [6, 6.07) is 12.9. The minimum Gasteiger partial charge on any atom is -0.263 e. The highest BCUT2D eigenvalue weighted by atomic mass is 32.2. The Morgan fingerprint density at radius 2 is 1.86 bits per heavy atom. The molecule has 112 valence electrons. The standard InChI is InChI=1S/C15H13N3O2S2/c19-22(20,14-7-4-8-16-11-14)18-10-13-9-17-15(21-13)12-5-2-1-3-6-12/h1-9,11,18H,10H2. The van der Waals surface area contributed by atoms with Gasteiger partial charge in [-0.3, -0.25) is 4.98 Å². The lowest BCUT2D eigenvalue weighted by Gasteiger charge is -2.04. The summed E-state index contributed by atoms with van der Waals surface area (Å²) in [5.74, 6) is 0. The Labute approximate surface area is 132 Å². The molecule has 0 fully saturated rings. The third-order valence-electron chi connectivity index (χ3n) is 2.96. The van der Waals surface area contributed by atoms with Crippen molar-refractivity contribution in [3.05, 3.63) is 65.9 Å². The second-order valence-electron chi connectivity index (χ2n) is 4.51. The second-order valence-corrected chi connectivity index (χ2v) is 7.39. The largest absolute Gasteiger partial charge is 0.263 e. The number of nitrogens with zero attached hydrogens (tertiary/aromatic N) is 2. The first-order chi connectivity index (χ1) is 10.6. The van der Waals surface area contributed by atoms with Crippen molar-refractivity contribution in [2.45, 2.75) is 11.4 Å². The molecule has 2 heterocycles. The van der Waals surface area contributed by atoms with Crippen LogP contribution < -0.4 is 4.72 Å². The number of sulfonamides is 1. The minimum absolute atomic E-state index is 0.155. The van der Waals surface area contributed by atoms with E-state index in [9.17, 15) is 8.42 Å². The molecule has 0 spiro atoms. The first-order valence-corrected chi connectivity index (χ1v) is 8.85. The molecule has 0 aliphatic carbocycles. The predicted octanol–water partition coefficient (Wildman–Crippen LogP) is 2.68. The summed E-state index contributed by atoms with van der Waals surface area (Å²) in [6.45, 7) is 0.210. The van der Waals surface area contributed by atoms with Crippen molar-refractivity contribution < 1.29 is 8.42 Å². The molecule has 1 N–H and O–H groups in total. The van der Waals surface area contributed by atoms with Gasteiger partial charge >= 0.3 is 0 Å². The van der Waals surface area contributed by atoms with Crippen molar-refractivity contribution >= 4 is 21.4 Å². The van der Waals surface area contributed by atoms with E-state index < -0.39 is 10.0 Å². The van der Waals surface area contributed by atoms with E-state index >= 15 is 0 Å². The molecule has 0 radical (unpaired) electrons. The molecule has 0 aliphatic rings. The zero-order chi connectivity index (χ0) is 15.4. The lowest BCUT2D eigenvalue weighted by Crippen LogP contribution is -2.22. The predicted molar refractivity (Wildman–Crippen MR) is 85.8 cm³/mol. The highest BCUT2D eigenvalue weighted by Gasteiger charge is 2.14. The Morgan fingerprint density at radius 3 is 2.59 bits per heavy atom. The average Bonchev–Trinajstić information content (AvgIpc) is 3.04. The van der Waals surface area contributed by atoms with Gasteiger partial charge < -0.3 is 0 Å². The number of hydrogen-bond acceptors (Lipinski definition) is 5. The summed E-state index contributed by atoms with van der Waals surface area (Å²) in [5.41, 5.74) is 1.02. The van der Waals surface area contributed by atoms with Crippen LogP contribution in [0.1, 0.15) is 4.88 Å². The van der Waals surface area contributed by atoms with Crippen molar-refractivity contribution in [3.8, 4) is 10.6 Å². The Kier molecular flexibility index (Phi) is 4.28. The highest BCUT2D eigenvalue weighted by Crippen LogP contribution is 2.24. The molecule has 2 aromatic heterocycles. The monoisotopic (exact) mass is 331 g/mol. The average molecular weight is 331 g/mol. The molecule has 0 bridgehead atoms. The van der Waals surface area contributed by atoms with Gasteiger partial charge in [0.05, 0.1) is 0 Å². The number of rotatable bonds is 5. The van der Waals surface area contributed by atoms with Crippen LogP contribution in [0.3, 0.4) is 0 Å². The van der Waals surface area contributed by atoms with E-state index in [4.69, 9.17) is 0 Å². The highest BCUT2D eigenvalue weighted by molar-refractivity contribution is 7.89. The fraction of sp³-hybridized carbons (Fsp3) is 0.0667. The molecule has 1 aromatic carbocycles. The van der Waals surface area contributed by atoms with Gasteiger partial charge in [0.1, 0.15) is 9.90 Å². The SMILES string of the molecule is O=S(=O)(NCc1cnc(-c2ccccc2)s1)c1cccnc1. The van der Waals surface area contributed by atoms with Gasteiger partial charge in [-0.15, -0.1) is 11.3 Å². The molecule has 0 atom stereocenters. The van der Waals surface area contributed by atoms with Gasteiger partial charge in [0.25, 0.3) is 0 Å². The molecular weight excluding hydrogens is 318 g/mol. The van der Waals surface area contributed by atoms with Crippen LogP contribution in [-0.2, 0) is 16.6 Å². The summed E-state index contributed by atoms with van der Waals surface area (Å²) < 4.78 is 26.8. The van der Waals surface area contributed by atoms with E-state index in [0.717, 1.165) is 15.4 Å². The summed E-state index contributed by atoms with van der Waals surface area (Å²) in [7, 11) is -3.55. The van der Waals surface area contributed by atoms with Crippen LogP contribution in [0, 0.1) is 0 Å². The van der Waals surface area contributed by atoms with Crippen molar-refractivity contribution in [2.75, 3.05) is 0 Å². The maximum atomic E-state index is 12.1. The quantitative estimate of drug-likeness (QED) is 0.780. The van der Waals surface area contributed by atoms with Crippen LogP contribution in [0.4, 0.5) is 0 Å². The van der Waals surface area contributed by atoms with E-state index in [0.29, 0.717) is 0 Å². The molecule has 0 saturated heterocycles. The van der Waals surface area contributed by atoms with E-state index in [1.165, 1.54) is 29.8 Å². The van der Waals surface area contributed by atoms with E-state index in [-0.39, 0.29) is 11.4 Å². The summed E-state index contributed by atoms with van der Waals surface area (Å²) >= 11 is 1.47. The number of benzene rings is 1. The fourth-order valence-corrected chi connectivity index (χ4v) is 3.78. The minimum atomic E-state index is -3.55. The zero-order valence-corrected chi connectivity index (χ0v) is 13.1. The number of hydrogen-bond donors (Lipinski definition) is 1. The molecule has 0 unspecified atom stereocenters. The molecular formula is C15H13N3O2S2. The topological polar surface area (TPSA) is 72.0 Å². The molecule has 3 rings (SSSR count). The zero-order valence-electron chi connectivity index (χ0n) is 11.5. The lowest BCUT2D eigenvalue weighted by molar-refractivity contribution is 0.581. The van der Waals surface area contributed by atoms with Gasteiger partial charge in [0, 0.05) is 35.6 Å².